The van der Waals surface area contributed by atoms with Crippen LogP contribution < -0.4 is 14.2 Å². The number of hydrogen-bond donors (Lipinski definition) is 0. The lowest BCUT2D eigenvalue weighted by Crippen LogP contribution is -2.39. The van der Waals surface area contributed by atoms with Crippen LogP contribution in [0.25, 0.3) is 5.76 Å². The zero-order valence-electron chi connectivity index (χ0n) is 18.4. The Bertz CT molecular complexity index is 1480. The van der Waals surface area contributed by atoms with Gasteiger partial charge in [0, 0.05) is 5.56 Å². The maximum Gasteiger partial charge on any atom is 0.534 e. The number of alkyl halides is 3. The number of carbonyl (C=O) groups excluding carboxylic acids is 1. The Kier molecular flexibility index (Phi) is 6.20. The maximum atomic E-state index is 13.5. The summed E-state index contributed by atoms with van der Waals surface area (Å²) < 4.78 is 115. The first-order valence-electron chi connectivity index (χ1n) is 9.73. The summed E-state index contributed by atoms with van der Waals surface area (Å²) in [5.74, 6) is -2.11. The lowest BCUT2D eigenvalue weighted by Gasteiger charge is -2.32. The third-order valence-corrected chi connectivity index (χ3v) is 7.84. The van der Waals surface area contributed by atoms with Crippen LogP contribution in [0.2, 0.25) is 0 Å². The summed E-state index contributed by atoms with van der Waals surface area (Å²) in [6.07, 6.45) is 0. The summed E-state index contributed by atoms with van der Waals surface area (Å²) in [4.78, 5) is 12.1. The predicted octanol–water partition coefficient (Wildman–Crippen LogP) is 2.34. The van der Waals surface area contributed by atoms with Crippen molar-refractivity contribution in [3.63, 3.8) is 0 Å². The van der Waals surface area contributed by atoms with Crippen LogP contribution in [0.1, 0.15) is 11.1 Å². The van der Waals surface area contributed by atoms with Crippen LogP contribution in [0.3, 0.4) is 0 Å². The van der Waals surface area contributed by atoms with Gasteiger partial charge < -0.3 is 23.1 Å². The highest BCUT2D eigenvalue weighted by atomic mass is 32.2. The second kappa shape index (κ2) is 8.77. The molecule has 11 nitrogen and oxygen atoms in total. The lowest BCUT2D eigenvalue weighted by molar-refractivity contribution is -0.137. The minimum atomic E-state index is -6.34. The third-order valence-electron chi connectivity index (χ3n) is 5.08. The molecule has 0 saturated carbocycles. The van der Waals surface area contributed by atoms with Crippen LogP contribution in [0, 0.1) is 0 Å². The molecule has 0 unspecified atom stereocenters. The molecule has 2 aromatic carbocycles. The summed E-state index contributed by atoms with van der Waals surface area (Å²) in [5, 5.41) is 0. The molecule has 0 N–H and O–H groups in total. The predicted molar refractivity (Wildman–Crippen MR) is 113 cm³/mol. The summed E-state index contributed by atoms with van der Waals surface area (Å²) in [7, 11) is -8.98. The molecule has 4 rings (SSSR count). The minimum absolute atomic E-state index is 0.0529. The first kappa shape index (κ1) is 25.4. The van der Waals surface area contributed by atoms with Gasteiger partial charge in [-0.05, 0) is 35.9 Å². The van der Waals surface area contributed by atoms with Crippen LogP contribution in [0.15, 0.2) is 47.0 Å². The van der Waals surface area contributed by atoms with Crippen molar-refractivity contribution in [3.8, 4) is 17.2 Å². The number of sulfonamides is 1. The van der Waals surface area contributed by atoms with E-state index in [0.29, 0.717) is 10.1 Å². The van der Waals surface area contributed by atoms with E-state index in [2.05, 4.69) is 8.92 Å². The van der Waals surface area contributed by atoms with Crippen LogP contribution in [-0.4, -0.2) is 53.6 Å². The van der Waals surface area contributed by atoms with Crippen molar-refractivity contribution < 1.29 is 57.9 Å². The fourth-order valence-electron chi connectivity index (χ4n) is 3.42. The molecule has 2 aliphatic rings. The molecule has 2 aliphatic heterocycles. The van der Waals surface area contributed by atoms with Crippen molar-refractivity contribution in [2.75, 3.05) is 21.0 Å². The highest BCUT2D eigenvalue weighted by Gasteiger charge is 2.51. The van der Waals surface area contributed by atoms with E-state index in [0.717, 1.165) is 19.2 Å². The fraction of sp³-hybridized carbons (Fsp3) is 0.250. The second-order valence-electron chi connectivity index (χ2n) is 7.21. The third kappa shape index (κ3) is 4.26. The molecule has 16 heteroatoms. The van der Waals surface area contributed by atoms with Crippen LogP contribution >= 0.6 is 0 Å². The molecule has 0 saturated heterocycles. The van der Waals surface area contributed by atoms with Gasteiger partial charge in [-0.3, -0.25) is 4.31 Å². The van der Waals surface area contributed by atoms with Crippen molar-refractivity contribution in [2.24, 2.45) is 0 Å². The zero-order valence-corrected chi connectivity index (χ0v) is 20.0. The number of rotatable bonds is 6. The molecule has 2 aromatic rings. The van der Waals surface area contributed by atoms with Crippen molar-refractivity contribution in [1.29, 1.82) is 0 Å². The molecule has 0 aliphatic carbocycles. The largest absolute Gasteiger partial charge is 0.534 e. The van der Waals surface area contributed by atoms with E-state index in [1.807, 2.05) is 0 Å². The molecule has 0 fully saturated rings. The van der Waals surface area contributed by atoms with Crippen LogP contribution in [-0.2, 0) is 40.4 Å². The van der Waals surface area contributed by atoms with Gasteiger partial charge in [-0.1, -0.05) is 6.07 Å². The Hall–Kier alpha value is -3.66. The smallest absolute Gasteiger partial charge is 0.497 e. The Balaban J connectivity index is 1.98. The Morgan fingerprint density at radius 2 is 1.78 bits per heavy atom. The molecular formula is C20H16F3NO10S2. The number of esters is 1. The Morgan fingerprint density at radius 1 is 1.08 bits per heavy atom. The summed E-state index contributed by atoms with van der Waals surface area (Å²) in [6, 6.07) is 7.37. The summed E-state index contributed by atoms with van der Waals surface area (Å²) >= 11 is 0. The number of fused-ring (bicyclic) bond motifs is 2. The van der Waals surface area contributed by atoms with Gasteiger partial charge in [0.15, 0.2) is 23.0 Å². The maximum absolute atomic E-state index is 13.5. The summed E-state index contributed by atoms with van der Waals surface area (Å²) in [5.41, 5.74) is -7.41. The highest BCUT2D eigenvalue weighted by Crippen LogP contribution is 2.43. The van der Waals surface area contributed by atoms with Crippen LogP contribution in [0.5, 0.6) is 17.2 Å². The molecule has 0 amide bonds. The number of nitrogens with zero attached hydrogens (tertiary/aromatic N) is 1. The molecule has 0 aromatic heterocycles. The molecule has 0 radical (unpaired) electrons. The van der Waals surface area contributed by atoms with E-state index in [1.165, 1.54) is 31.4 Å². The molecular weight excluding hydrogens is 535 g/mol. The lowest BCUT2D eigenvalue weighted by atomic mass is 10.1. The number of hydrogen-bond acceptors (Lipinski definition) is 10. The van der Waals surface area contributed by atoms with Crippen molar-refractivity contribution >= 4 is 31.9 Å². The normalized spacial score (nSPS) is 16.4. The van der Waals surface area contributed by atoms with Gasteiger partial charge in [0.05, 0.1) is 25.7 Å². The standard InChI is InChI=1S/C20H16F3NO10S2/c1-30-12-4-6-16-13(8-12)18(34-36(28,29)20(21,22)23)17(19(25)31-2)24(35(16,26)27)9-11-3-5-14-15(7-11)33-10-32-14/h3-8H,9-10H2,1-2H3. The van der Waals surface area contributed by atoms with Gasteiger partial charge in [0.2, 0.25) is 6.79 Å². The van der Waals surface area contributed by atoms with Gasteiger partial charge in [0.1, 0.15) is 5.75 Å². The van der Waals surface area contributed by atoms with Crippen molar-refractivity contribution in [1.82, 2.24) is 4.31 Å². The van der Waals surface area contributed by atoms with Gasteiger partial charge in [0.25, 0.3) is 10.0 Å². The van der Waals surface area contributed by atoms with Crippen molar-refractivity contribution in [2.45, 2.75) is 16.9 Å². The van der Waals surface area contributed by atoms with E-state index in [-0.39, 0.29) is 23.9 Å². The van der Waals surface area contributed by atoms with Crippen molar-refractivity contribution in [3.05, 3.63) is 53.2 Å². The van der Waals surface area contributed by atoms with Gasteiger partial charge in [-0.25, -0.2) is 13.2 Å². The molecule has 0 bridgehead atoms. The fourth-order valence-corrected chi connectivity index (χ4v) is 5.53. The van der Waals surface area contributed by atoms with E-state index in [4.69, 9.17) is 14.2 Å². The highest BCUT2D eigenvalue weighted by molar-refractivity contribution is 7.89. The quantitative estimate of drug-likeness (QED) is 0.299. The first-order valence-corrected chi connectivity index (χ1v) is 12.6. The Labute approximate surface area is 202 Å². The van der Waals surface area contributed by atoms with Gasteiger partial charge >= 0.3 is 21.6 Å². The van der Waals surface area contributed by atoms with Gasteiger partial charge in [-0.2, -0.15) is 21.6 Å². The second-order valence-corrected chi connectivity index (χ2v) is 10.6. The number of methoxy groups -OCH3 is 2. The number of benzene rings is 2. The molecule has 0 atom stereocenters. The average molecular weight is 551 g/mol. The molecule has 36 heavy (non-hydrogen) atoms. The number of halogens is 3. The first-order chi connectivity index (χ1) is 16.8. The van der Waals surface area contributed by atoms with E-state index >= 15 is 0 Å². The van der Waals surface area contributed by atoms with E-state index in [9.17, 15) is 34.8 Å². The van der Waals surface area contributed by atoms with E-state index in [1.54, 1.807) is 0 Å². The monoisotopic (exact) mass is 551 g/mol. The molecule has 194 valence electrons. The molecule has 2 heterocycles. The number of ether oxygens (including phenoxy) is 4. The minimum Gasteiger partial charge on any atom is -0.497 e. The molecule has 0 spiro atoms. The van der Waals surface area contributed by atoms with Gasteiger partial charge in [-0.15, -0.1) is 0 Å². The summed E-state index contributed by atoms with van der Waals surface area (Å²) in [6.45, 7) is -0.718. The average Bonchev–Trinajstić information content (AvgIpc) is 3.28. The number of carbonyl (C=O) groups is 1. The topological polar surface area (TPSA) is 135 Å². The zero-order chi connectivity index (χ0) is 26.5. The van der Waals surface area contributed by atoms with E-state index < -0.39 is 60.1 Å². The van der Waals surface area contributed by atoms with Crippen LogP contribution in [0.4, 0.5) is 13.2 Å². The Morgan fingerprint density at radius 3 is 2.42 bits per heavy atom. The SMILES string of the molecule is COC(=O)C1=C(OS(=O)(=O)C(F)(F)F)c2cc(OC)ccc2S(=O)(=O)N1Cc1ccc2c(c1)OCO2.